The lowest BCUT2D eigenvalue weighted by atomic mass is 10.1. The van der Waals surface area contributed by atoms with E-state index in [4.69, 9.17) is 9.47 Å². The fourth-order valence-electron chi connectivity index (χ4n) is 2.01. The van der Waals surface area contributed by atoms with Gasteiger partial charge in [-0.25, -0.2) is 9.59 Å². The minimum atomic E-state index is -0.583. The second-order valence-corrected chi connectivity index (χ2v) is 5.84. The molecule has 1 rings (SSSR count). The molecule has 1 unspecified atom stereocenters. The molecule has 0 aromatic heterocycles. The zero-order valence-electron chi connectivity index (χ0n) is 14.7. The van der Waals surface area contributed by atoms with Crippen LogP contribution in [0.15, 0.2) is 36.4 Å². The van der Waals surface area contributed by atoms with Crippen molar-refractivity contribution in [3.05, 3.63) is 47.5 Å². The van der Waals surface area contributed by atoms with E-state index in [2.05, 4.69) is 18.4 Å². The zero-order valence-corrected chi connectivity index (χ0v) is 14.7. The van der Waals surface area contributed by atoms with Crippen LogP contribution in [-0.2, 0) is 9.47 Å². The lowest BCUT2D eigenvalue weighted by Crippen LogP contribution is -2.21. The summed E-state index contributed by atoms with van der Waals surface area (Å²) in [7, 11) is 0. The molecule has 24 heavy (non-hydrogen) atoms. The van der Waals surface area contributed by atoms with Crippen LogP contribution >= 0.6 is 0 Å². The fourth-order valence-corrected chi connectivity index (χ4v) is 2.01. The quantitative estimate of drug-likeness (QED) is 0.585. The average molecular weight is 328 g/mol. The third-order valence-corrected chi connectivity index (χ3v) is 3.02. The highest BCUT2D eigenvalue weighted by molar-refractivity contribution is 6.03. The van der Waals surface area contributed by atoms with Gasteiger partial charge in [-0.1, -0.05) is 44.4 Å². The van der Waals surface area contributed by atoms with E-state index in [1.165, 1.54) is 0 Å². The van der Waals surface area contributed by atoms with Gasteiger partial charge >= 0.3 is 11.9 Å². The molecule has 4 nitrogen and oxygen atoms in total. The van der Waals surface area contributed by atoms with Crippen molar-refractivity contribution >= 4 is 11.9 Å². The first-order valence-corrected chi connectivity index (χ1v) is 7.99. The summed E-state index contributed by atoms with van der Waals surface area (Å²) in [5.41, 5.74) is 1.08. The number of ether oxygens (including phenoxy) is 2. The molecule has 0 radical (unpaired) electrons. The Hall–Kier alpha value is -2.54. The van der Waals surface area contributed by atoms with Gasteiger partial charge in [-0.05, 0) is 43.9 Å². The van der Waals surface area contributed by atoms with Gasteiger partial charge in [-0.15, -0.1) is 0 Å². The van der Waals surface area contributed by atoms with Gasteiger partial charge in [0.2, 0.25) is 0 Å². The van der Waals surface area contributed by atoms with Crippen LogP contribution in [0.1, 0.15) is 54.8 Å². The van der Waals surface area contributed by atoms with Gasteiger partial charge in [0, 0.05) is 0 Å². The number of rotatable bonds is 6. The summed E-state index contributed by atoms with van der Waals surface area (Å²) in [5.74, 6) is 4.95. The Morgan fingerprint density at radius 1 is 1.17 bits per heavy atom. The Morgan fingerprint density at radius 3 is 2.25 bits per heavy atom. The molecule has 0 amide bonds. The minimum Gasteiger partial charge on any atom is -0.462 e. The van der Waals surface area contributed by atoms with E-state index in [1.807, 2.05) is 13.8 Å². The summed E-state index contributed by atoms with van der Waals surface area (Å²) >= 11 is 0. The molecule has 1 aromatic carbocycles. The second kappa shape index (κ2) is 9.57. The molecule has 0 saturated heterocycles. The molecule has 0 aliphatic carbocycles. The van der Waals surface area contributed by atoms with Crippen LogP contribution in [0.2, 0.25) is 0 Å². The monoisotopic (exact) mass is 328 g/mol. The first kappa shape index (κ1) is 19.5. The first-order chi connectivity index (χ1) is 11.3. The Balaban J connectivity index is 3.02. The van der Waals surface area contributed by atoms with E-state index < -0.39 is 18.0 Å². The predicted molar refractivity (Wildman–Crippen MR) is 93.6 cm³/mol. The maximum Gasteiger partial charge on any atom is 0.340 e. The first-order valence-electron chi connectivity index (χ1n) is 7.99. The maximum absolute atomic E-state index is 12.5. The third-order valence-electron chi connectivity index (χ3n) is 3.02. The topological polar surface area (TPSA) is 52.6 Å². The van der Waals surface area contributed by atoms with Gasteiger partial charge in [0.1, 0.15) is 0 Å². The molecule has 4 heteroatoms. The second-order valence-electron chi connectivity index (χ2n) is 5.84. The van der Waals surface area contributed by atoms with E-state index in [-0.39, 0.29) is 17.7 Å². The molecule has 0 fully saturated rings. The van der Waals surface area contributed by atoms with Crippen molar-refractivity contribution < 1.29 is 19.1 Å². The Kier molecular flexibility index (Phi) is 7.77. The predicted octanol–water partition coefficient (Wildman–Crippen LogP) is 4.01. The van der Waals surface area contributed by atoms with Crippen LogP contribution in [0.3, 0.4) is 0 Å². The molecular weight excluding hydrogens is 304 g/mol. The molecule has 0 aliphatic rings. The summed E-state index contributed by atoms with van der Waals surface area (Å²) in [5, 5.41) is 0. The SMILES string of the molecule is C=C(C)C#CC(CC(C)C)OC(=O)c1ccccc1C(=O)OCC. The number of carbonyl (C=O) groups is 2. The smallest absolute Gasteiger partial charge is 0.340 e. The van der Waals surface area contributed by atoms with Gasteiger partial charge in [0.05, 0.1) is 17.7 Å². The number of esters is 2. The lowest BCUT2D eigenvalue weighted by Gasteiger charge is -2.15. The molecule has 1 aromatic rings. The van der Waals surface area contributed by atoms with Crippen molar-refractivity contribution in [2.45, 2.75) is 40.2 Å². The molecule has 0 bridgehead atoms. The van der Waals surface area contributed by atoms with Crippen LogP contribution in [0.5, 0.6) is 0 Å². The molecule has 1 atom stereocenters. The van der Waals surface area contributed by atoms with E-state index in [0.717, 1.165) is 0 Å². The Morgan fingerprint density at radius 2 is 1.75 bits per heavy atom. The third kappa shape index (κ3) is 6.29. The van der Waals surface area contributed by atoms with E-state index >= 15 is 0 Å². The summed E-state index contributed by atoms with van der Waals surface area (Å²) < 4.78 is 10.5. The minimum absolute atomic E-state index is 0.182. The summed E-state index contributed by atoms with van der Waals surface area (Å²) in [6.45, 7) is 11.5. The summed E-state index contributed by atoms with van der Waals surface area (Å²) in [6, 6.07) is 6.45. The average Bonchev–Trinajstić information content (AvgIpc) is 2.52. The van der Waals surface area contributed by atoms with Gasteiger partial charge in [0.15, 0.2) is 6.10 Å². The zero-order chi connectivity index (χ0) is 18.1. The van der Waals surface area contributed by atoms with Crippen molar-refractivity contribution in [1.82, 2.24) is 0 Å². The fraction of sp³-hybridized carbons (Fsp3) is 0.400. The van der Waals surface area contributed by atoms with E-state index in [9.17, 15) is 9.59 Å². The van der Waals surface area contributed by atoms with Crippen molar-refractivity contribution in [1.29, 1.82) is 0 Å². The lowest BCUT2D eigenvalue weighted by molar-refractivity contribution is 0.0363. The largest absolute Gasteiger partial charge is 0.462 e. The highest BCUT2D eigenvalue weighted by Gasteiger charge is 2.21. The Labute approximate surface area is 143 Å². The maximum atomic E-state index is 12.5. The molecule has 0 heterocycles. The number of benzene rings is 1. The van der Waals surface area contributed by atoms with E-state index in [0.29, 0.717) is 17.9 Å². The van der Waals surface area contributed by atoms with Gasteiger partial charge in [0.25, 0.3) is 0 Å². The summed E-state index contributed by atoms with van der Waals surface area (Å²) in [4.78, 5) is 24.5. The summed E-state index contributed by atoms with van der Waals surface area (Å²) in [6.07, 6.45) is 0.0533. The van der Waals surface area contributed by atoms with Gasteiger partial charge in [-0.2, -0.15) is 0 Å². The van der Waals surface area contributed by atoms with Crippen molar-refractivity contribution in [3.8, 4) is 11.8 Å². The number of hydrogen-bond acceptors (Lipinski definition) is 4. The van der Waals surface area contributed by atoms with Gasteiger partial charge in [-0.3, -0.25) is 0 Å². The highest BCUT2D eigenvalue weighted by atomic mass is 16.5. The van der Waals surface area contributed by atoms with Crippen LogP contribution in [0, 0.1) is 17.8 Å². The van der Waals surface area contributed by atoms with Crippen molar-refractivity contribution in [2.24, 2.45) is 5.92 Å². The van der Waals surface area contributed by atoms with Crippen LogP contribution in [0.4, 0.5) is 0 Å². The van der Waals surface area contributed by atoms with Gasteiger partial charge < -0.3 is 9.47 Å². The molecule has 128 valence electrons. The molecular formula is C20H24O4. The van der Waals surface area contributed by atoms with Crippen molar-refractivity contribution in [2.75, 3.05) is 6.61 Å². The number of hydrogen-bond donors (Lipinski definition) is 0. The van der Waals surface area contributed by atoms with Crippen LogP contribution in [0.25, 0.3) is 0 Å². The highest BCUT2D eigenvalue weighted by Crippen LogP contribution is 2.15. The van der Waals surface area contributed by atoms with E-state index in [1.54, 1.807) is 38.1 Å². The Bertz CT molecular complexity index is 662. The molecule has 0 spiro atoms. The normalized spacial score (nSPS) is 11.2. The number of allylic oxidation sites excluding steroid dienone is 1. The molecule has 0 N–H and O–H groups in total. The molecule has 0 aliphatic heterocycles. The van der Waals surface area contributed by atoms with Crippen molar-refractivity contribution in [3.63, 3.8) is 0 Å². The number of carbonyl (C=O) groups excluding carboxylic acids is 2. The standard InChI is InChI=1S/C20H24O4/c1-6-23-19(21)17-9-7-8-10-18(17)20(22)24-16(13-15(4)5)12-11-14(2)3/h7-10,15-16H,2,6,13H2,1,3-5H3. The molecule has 0 saturated carbocycles. The van der Waals surface area contributed by atoms with Crippen LogP contribution in [-0.4, -0.2) is 24.6 Å². The van der Waals surface area contributed by atoms with Crippen LogP contribution < -0.4 is 0 Å².